The maximum absolute atomic E-state index is 11.9. The molecule has 3 N–H and O–H groups in total. The molecular weight excluding hydrogens is 260 g/mol. The van der Waals surface area contributed by atoms with Gasteiger partial charge in [-0.05, 0) is 36.8 Å². The number of nitrogen functional groups attached to an aromatic ring is 1. The van der Waals surface area contributed by atoms with Crippen LogP contribution in [-0.4, -0.2) is 11.9 Å². The predicted molar refractivity (Wildman–Crippen MR) is 81.4 cm³/mol. The van der Waals surface area contributed by atoms with Gasteiger partial charge in [-0.1, -0.05) is 31.5 Å². The molecule has 2 rings (SSSR count). The third-order valence-electron chi connectivity index (χ3n) is 3.88. The van der Waals surface area contributed by atoms with Gasteiger partial charge in [-0.15, -0.1) is 12.4 Å². The molecule has 1 aliphatic rings. The molecule has 106 valence electrons. The minimum absolute atomic E-state index is 0. The molecule has 0 heterocycles. The molecule has 3 nitrogen and oxygen atoms in total. The van der Waals surface area contributed by atoms with Crippen LogP contribution in [0, 0.1) is 5.92 Å². The number of carbonyl (C=O) groups is 1. The number of nitrogens with two attached hydrogens (primary N) is 1. The summed E-state index contributed by atoms with van der Waals surface area (Å²) in [6.07, 6.45) is 4.84. The van der Waals surface area contributed by atoms with Crippen molar-refractivity contribution in [2.24, 2.45) is 5.92 Å². The highest BCUT2D eigenvalue weighted by molar-refractivity contribution is 5.85. The third kappa shape index (κ3) is 4.43. The monoisotopic (exact) mass is 282 g/mol. The van der Waals surface area contributed by atoms with Crippen LogP contribution in [0.1, 0.15) is 38.2 Å². The molecule has 2 unspecified atom stereocenters. The first-order valence-electron chi connectivity index (χ1n) is 6.79. The van der Waals surface area contributed by atoms with Gasteiger partial charge in [-0.25, -0.2) is 0 Å². The van der Waals surface area contributed by atoms with E-state index in [1.54, 1.807) is 0 Å². The first kappa shape index (κ1) is 15.8. The van der Waals surface area contributed by atoms with Gasteiger partial charge in [0.2, 0.25) is 5.91 Å². The molecule has 1 aliphatic carbocycles. The van der Waals surface area contributed by atoms with Crippen LogP contribution in [0.2, 0.25) is 0 Å². The van der Waals surface area contributed by atoms with E-state index >= 15 is 0 Å². The number of rotatable bonds is 4. The lowest BCUT2D eigenvalue weighted by Gasteiger charge is -2.17. The van der Waals surface area contributed by atoms with Gasteiger partial charge in [0.05, 0.1) is 0 Å². The van der Waals surface area contributed by atoms with Gasteiger partial charge in [0.15, 0.2) is 0 Å². The van der Waals surface area contributed by atoms with E-state index in [1.165, 1.54) is 12.8 Å². The number of para-hydroxylation sites is 1. The summed E-state index contributed by atoms with van der Waals surface area (Å²) in [5, 5.41) is 3.14. The summed E-state index contributed by atoms with van der Waals surface area (Å²) in [6.45, 7) is 2.22. The maximum atomic E-state index is 11.9. The fraction of sp³-hybridized carbons (Fsp3) is 0.533. The molecule has 1 saturated carbocycles. The molecule has 4 heteroatoms. The van der Waals surface area contributed by atoms with Crippen LogP contribution in [0.3, 0.4) is 0 Å². The van der Waals surface area contributed by atoms with Gasteiger partial charge in [-0.3, -0.25) is 4.79 Å². The predicted octanol–water partition coefficient (Wildman–Crippen LogP) is 2.93. The molecule has 1 aromatic rings. The number of hydrogen-bond acceptors (Lipinski definition) is 2. The highest BCUT2D eigenvalue weighted by Crippen LogP contribution is 2.24. The Labute approximate surface area is 121 Å². The van der Waals surface area contributed by atoms with Crippen LogP contribution in [0.15, 0.2) is 24.3 Å². The summed E-state index contributed by atoms with van der Waals surface area (Å²) in [6, 6.07) is 8.13. The highest BCUT2D eigenvalue weighted by Gasteiger charge is 2.24. The smallest absolute Gasteiger partial charge is 0.220 e. The van der Waals surface area contributed by atoms with Crippen LogP contribution >= 0.6 is 12.4 Å². The molecule has 19 heavy (non-hydrogen) atoms. The van der Waals surface area contributed by atoms with Gasteiger partial charge in [0.25, 0.3) is 0 Å². The molecule has 0 radical (unpaired) electrons. The Morgan fingerprint density at radius 3 is 2.74 bits per heavy atom. The molecule has 0 saturated heterocycles. The summed E-state index contributed by atoms with van der Waals surface area (Å²) >= 11 is 0. The molecule has 1 amide bonds. The van der Waals surface area contributed by atoms with E-state index in [0.29, 0.717) is 18.4 Å². The standard InChI is InChI=1S/C15H22N2O.ClH/c1-11-5-4-8-14(11)17-15(18)10-9-12-6-2-3-7-13(12)16;/h2-3,6-7,11,14H,4-5,8-10,16H2,1H3,(H,17,18);1H. The third-order valence-corrected chi connectivity index (χ3v) is 3.88. The van der Waals surface area contributed by atoms with Crippen molar-refractivity contribution >= 4 is 24.0 Å². The van der Waals surface area contributed by atoms with Crippen molar-refractivity contribution in [3.8, 4) is 0 Å². The minimum Gasteiger partial charge on any atom is -0.399 e. The fourth-order valence-corrected chi connectivity index (χ4v) is 2.65. The number of carbonyl (C=O) groups excluding carboxylic acids is 1. The summed E-state index contributed by atoms with van der Waals surface area (Å²) in [7, 11) is 0. The summed E-state index contributed by atoms with van der Waals surface area (Å²) in [5.74, 6) is 0.771. The number of aryl methyl sites for hydroxylation is 1. The van der Waals surface area contributed by atoms with E-state index in [0.717, 1.165) is 24.1 Å². The van der Waals surface area contributed by atoms with Crippen LogP contribution in [0.5, 0.6) is 0 Å². The van der Waals surface area contributed by atoms with Gasteiger partial charge >= 0.3 is 0 Å². The number of benzene rings is 1. The van der Waals surface area contributed by atoms with E-state index in [-0.39, 0.29) is 18.3 Å². The summed E-state index contributed by atoms with van der Waals surface area (Å²) in [4.78, 5) is 11.9. The Kier molecular flexibility index (Phi) is 6.16. The Balaban J connectivity index is 0.00000180. The molecule has 0 aliphatic heterocycles. The van der Waals surface area contributed by atoms with Gasteiger partial charge < -0.3 is 11.1 Å². The molecule has 0 bridgehead atoms. The van der Waals surface area contributed by atoms with Crippen molar-refractivity contribution in [2.75, 3.05) is 5.73 Å². The van der Waals surface area contributed by atoms with Crippen molar-refractivity contribution in [3.05, 3.63) is 29.8 Å². The van der Waals surface area contributed by atoms with Gasteiger partial charge in [-0.2, -0.15) is 0 Å². The van der Waals surface area contributed by atoms with Crippen molar-refractivity contribution in [3.63, 3.8) is 0 Å². The lowest BCUT2D eigenvalue weighted by molar-refractivity contribution is -0.121. The highest BCUT2D eigenvalue weighted by atomic mass is 35.5. The van der Waals surface area contributed by atoms with Crippen LogP contribution in [0.4, 0.5) is 5.69 Å². The maximum Gasteiger partial charge on any atom is 0.220 e. The average Bonchev–Trinajstić information content (AvgIpc) is 2.74. The molecule has 0 aromatic heterocycles. The number of hydrogen-bond donors (Lipinski definition) is 2. The van der Waals surface area contributed by atoms with Crippen molar-refractivity contribution < 1.29 is 4.79 Å². The Bertz CT molecular complexity index is 422. The second-order valence-electron chi connectivity index (χ2n) is 5.28. The lowest BCUT2D eigenvalue weighted by atomic mass is 10.0. The molecular formula is C15H23ClN2O. The zero-order chi connectivity index (χ0) is 13.0. The zero-order valence-electron chi connectivity index (χ0n) is 11.4. The molecule has 1 aromatic carbocycles. The normalized spacial score (nSPS) is 21.7. The van der Waals surface area contributed by atoms with Crippen molar-refractivity contribution in [1.29, 1.82) is 0 Å². The number of halogens is 1. The molecule has 1 fully saturated rings. The SMILES string of the molecule is CC1CCCC1NC(=O)CCc1ccccc1N.Cl. The zero-order valence-corrected chi connectivity index (χ0v) is 12.2. The topological polar surface area (TPSA) is 55.1 Å². The molecule has 2 atom stereocenters. The first-order valence-corrected chi connectivity index (χ1v) is 6.79. The number of anilines is 1. The Morgan fingerprint density at radius 2 is 2.11 bits per heavy atom. The Hall–Kier alpha value is -1.22. The van der Waals surface area contributed by atoms with Crippen LogP contribution in [-0.2, 0) is 11.2 Å². The van der Waals surface area contributed by atoms with Crippen LogP contribution < -0.4 is 11.1 Å². The van der Waals surface area contributed by atoms with E-state index in [9.17, 15) is 4.79 Å². The fourth-order valence-electron chi connectivity index (χ4n) is 2.65. The number of nitrogens with one attached hydrogen (secondary N) is 1. The molecule has 0 spiro atoms. The second-order valence-corrected chi connectivity index (χ2v) is 5.28. The minimum atomic E-state index is 0. The van der Waals surface area contributed by atoms with Gasteiger partial charge in [0.1, 0.15) is 0 Å². The van der Waals surface area contributed by atoms with Crippen LogP contribution in [0.25, 0.3) is 0 Å². The lowest BCUT2D eigenvalue weighted by Crippen LogP contribution is -2.36. The van der Waals surface area contributed by atoms with Crippen molar-refractivity contribution in [1.82, 2.24) is 5.32 Å². The van der Waals surface area contributed by atoms with E-state index in [2.05, 4.69) is 12.2 Å². The quantitative estimate of drug-likeness (QED) is 0.834. The number of amides is 1. The van der Waals surface area contributed by atoms with E-state index in [4.69, 9.17) is 5.73 Å². The average molecular weight is 283 g/mol. The van der Waals surface area contributed by atoms with E-state index in [1.807, 2.05) is 24.3 Å². The van der Waals surface area contributed by atoms with Gasteiger partial charge in [0, 0.05) is 18.2 Å². The largest absolute Gasteiger partial charge is 0.399 e. The summed E-state index contributed by atoms with van der Waals surface area (Å²) < 4.78 is 0. The Morgan fingerprint density at radius 1 is 1.37 bits per heavy atom. The van der Waals surface area contributed by atoms with E-state index < -0.39 is 0 Å². The second kappa shape index (κ2) is 7.39. The first-order chi connectivity index (χ1) is 8.66. The summed E-state index contributed by atoms with van der Waals surface area (Å²) in [5.41, 5.74) is 7.70. The van der Waals surface area contributed by atoms with Crippen molar-refractivity contribution in [2.45, 2.75) is 45.1 Å².